The molecule has 25 heavy (non-hydrogen) atoms. The lowest BCUT2D eigenvalue weighted by Gasteiger charge is -2.36. The van der Waals surface area contributed by atoms with Gasteiger partial charge in [0.2, 0.25) is 0 Å². The van der Waals surface area contributed by atoms with Gasteiger partial charge in [-0.1, -0.05) is 18.2 Å². The van der Waals surface area contributed by atoms with Gasteiger partial charge in [-0.15, -0.1) is 0 Å². The number of anilines is 2. The normalized spacial score (nSPS) is 23.4. The zero-order valence-electron chi connectivity index (χ0n) is 14.8. The Hall–Kier alpha value is -2.07. The maximum absolute atomic E-state index is 13.6. The van der Waals surface area contributed by atoms with Crippen molar-refractivity contribution < 1.29 is 4.39 Å². The summed E-state index contributed by atoms with van der Waals surface area (Å²) in [6.45, 7) is 7.63. The first-order valence-electron chi connectivity index (χ1n) is 9.29. The SMILES string of the molecule is CC1Nc2ccc(F)cc2C1CCN1CCN(c2ccccc2)CC1. The molecular formula is C21H26FN3. The third kappa shape index (κ3) is 3.49. The number of piperazine rings is 1. The monoisotopic (exact) mass is 339 g/mol. The number of para-hydroxylation sites is 1. The molecule has 2 aromatic rings. The van der Waals surface area contributed by atoms with Crippen LogP contribution in [0.5, 0.6) is 0 Å². The van der Waals surface area contributed by atoms with E-state index in [2.05, 4.69) is 52.4 Å². The number of nitrogens with one attached hydrogen (secondary N) is 1. The molecule has 4 rings (SSSR count). The summed E-state index contributed by atoms with van der Waals surface area (Å²) in [4.78, 5) is 5.00. The van der Waals surface area contributed by atoms with Crippen LogP contribution >= 0.6 is 0 Å². The number of halogens is 1. The summed E-state index contributed by atoms with van der Waals surface area (Å²) in [5, 5.41) is 3.50. The molecule has 1 N–H and O–H groups in total. The zero-order chi connectivity index (χ0) is 17.2. The molecule has 2 aliphatic heterocycles. The quantitative estimate of drug-likeness (QED) is 0.910. The zero-order valence-corrected chi connectivity index (χ0v) is 14.8. The molecule has 0 aliphatic carbocycles. The average Bonchev–Trinajstić information content (AvgIpc) is 2.96. The number of rotatable bonds is 4. The van der Waals surface area contributed by atoms with Crippen LogP contribution in [-0.4, -0.2) is 43.7 Å². The fourth-order valence-electron chi connectivity index (χ4n) is 4.18. The predicted octanol–water partition coefficient (Wildman–Crippen LogP) is 3.94. The smallest absolute Gasteiger partial charge is 0.123 e. The van der Waals surface area contributed by atoms with E-state index in [1.165, 1.54) is 5.69 Å². The van der Waals surface area contributed by atoms with Crippen molar-refractivity contribution in [2.75, 3.05) is 42.9 Å². The molecule has 2 aliphatic rings. The number of nitrogens with zero attached hydrogens (tertiary/aromatic N) is 2. The highest BCUT2D eigenvalue weighted by atomic mass is 19.1. The molecule has 2 atom stereocenters. The van der Waals surface area contributed by atoms with Gasteiger partial charge in [-0.3, -0.25) is 4.90 Å². The minimum absolute atomic E-state index is 0.129. The Bertz CT molecular complexity index is 710. The van der Waals surface area contributed by atoms with Gasteiger partial charge in [0.1, 0.15) is 5.82 Å². The number of hydrogen-bond acceptors (Lipinski definition) is 3. The molecule has 0 amide bonds. The lowest BCUT2D eigenvalue weighted by atomic mass is 9.92. The van der Waals surface area contributed by atoms with Crippen LogP contribution in [0.3, 0.4) is 0 Å². The number of fused-ring (bicyclic) bond motifs is 1. The molecule has 1 saturated heterocycles. The average molecular weight is 339 g/mol. The van der Waals surface area contributed by atoms with Gasteiger partial charge >= 0.3 is 0 Å². The second-order valence-electron chi connectivity index (χ2n) is 7.22. The molecule has 4 heteroatoms. The third-order valence-electron chi connectivity index (χ3n) is 5.65. The van der Waals surface area contributed by atoms with Crippen LogP contribution in [0.4, 0.5) is 15.8 Å². The van der Waals surface area contributed by atoms with E-state index in [0.717, 1.165) is 50.4 Å². The molecule has 2 unspecified atom stereocenters. The Labute approximate surface area is 149 Å². The van der Waals surface area contributed by atoms with Crippen molar-refractivity contribution in [1.29, 1.82) is 0 Å². The standard InChI is InChI=1S/C21H26FN3/c1-16-19(20-15-17(22)7-8-21(20)23-16)9-10-24-11-13-25(14-12-24)18-5-3-2-4-6-18/h2-8,15-16,19,23H,9-14H2,1H3. The van der Waals surface area contributed by atoms with E-state index >= 15 is 0 Å². The summed E-state index contributed by atoms with van der Waals surface area (Å²) >= 11 is 0. The number of hydrogen-bond donors (Lipinski definition) is 1. The molecule has 0 bridgehead atoms. The van der Waals surface area contributed by atoms with Crippen LogP contribution in [0.15, 0.2) is 48.5 Å². The fraction of sp³-hybridized carbons (Fsp3) is 0.429. The highest BCUT2D eigenvalue weighted by Crippen LogP contribution is 2.38. The van der Waals surface area contributed by atoms with Crippen molar-refractivity contribution in [2.24, 2.45) is 0 Å². The van der Waals surface area contributed by atoms with Crippen LogP contribution < -0.4 is 10.2 Å². The molecule has 2 aromatic carbocycles. The minimum atomic E-state index is -0.129. The van der Waals surface area contributed by atoms with Crippen LogP contribution in [0.2, 0.25) is 0 Å². The molecule has 1 fully saturated rings. The molecule has 132 valence electrons. The Morgan fingerprint density at radius 3 is 2.56 bits per heavy atom. The van der Waals surface area contributed by atoms with Crippen molar-refractivity contribution in [2.45, 2.75) is 25.3 Å². The molecule has 0 radical (unpaired) electrons. The molecular weight excluding hydrogens is 313 g/mol. The number of benzene rings is 2. The van der Waals surface area contributed by atoms with Crippen molar-refractivity contribution >= 4 is 11.4 Å². The summed E-state index contributed by atoms with van der Waals surface area (Å²) in [5.41, 5.74) is 3.57. The Balaban J connectivity index is 1.32. The van der Waals surface area contributed by atoms with Crippen molar-refractivity contribution in [1.82, 2.24) is 4.90 Å². The van der Waals surface area contributed by atoms with E-state index < -0.39 is 0 Å². The summed E-state index contributed by atoms with van der Waals surface area (Å²) in [5.74, 6) is 0.272. The molecule has 0 saturated carbocycles. The molecule has 0 spiro atoms. The highest BCUT2D eigenvalue weighted by molar-refractivity contribution is 5.59. The summed E-state index contributed by atoms with van der Waals surface area (Å²) < 4.78 is 13.6. The second-order valence-corrected chi connectivity index (χ2v) is 7.22. The van der Waals surface area contributed by atoms with Crippen LogP contribution in [0, 0.1) is 5.82 Å². The van der Waals surface area contributed by atoms with E-state index in [9.17, 15) is 4.39 Å². The Kier molecular flexibility index (Phi) is 4.62. The van der Waals surface area contributed by atoms with Crippen LogP contribution in [0.25, 0.3) is 0 Å². The maximum Gasteiger partial charge on any atom is 0.123 e. The van der Waals surface area contributed by atoms with Gasteiger partial charge in [-0.2, -0.15) is 0 Å². The first kappa shape index (κ1) is 16.4. The van der Waals surface area contributed by atoms with Gasteiger partial charge in [0.25, 0.3) is 0 Å². The summed E-state index contributed by atoms with van der Waals surface area (Å²) in [6, 6.07) is 16.2. The van der Waals surface area contributed by atoms with Gasteiger partial charge in [-0.05, 0) is 55.8 Å². The Morgan fingerprint density at radius 1 is 1.04 bits per heavy atom. The van der Waals surface area contributed by atoms with Gasteiger partial charge in [-0.25, -0.2) is 4.39 Å². The Morgan fingerprint density at radius 2 is 1.80 bits per heavy atom. The highest BCUT2D eigenvalue weighted by Gasteiger charge is 2.29. The van der Waals surface area contributed by atoms with E-state index in [1.54, 1.807) is 12.1 Å². The van der Waals surface area contributed by atoms with Crippen molar-refractivity contribution in [3.63, 3.8) is 0 Å². The van der Waals surface area contributed by atoms with Gasteiger partial charge in [0.15, 0.2) is 0 Å². The van der Waals surface area contributed by atoms with E-state index in [0.29, 0.717) is 12.0 Å². The van der Waals surface area contributed by atoms with E-state index in [1.807, 2.05) is 6.07 Å². The fourth-order valence-corrected chi connectivity index (χ4v) is 4.18. The first-order chi connectivity index (χ1) is 12.2. The molecule has 3 nitrogen and oxygen atoms in total. The lowest BCUT2D eigenvalue weighted by Crippen LogP contribution is -2.47. The van der Waals surface area contributed by atoms with E-state index in [-0.39, 0.29) is 5.82 Å². The molecule has 0 aromatic heterocycles. The van der Waals surface area contributed by atoms with E-state index in [4.69, 9.17) is 0 Å². The maximum atomic E-state index is 13.6. The van der Waals surface area contributed by atoms with Crippen molar-refractivity contribution in [3.8, 4) is 0 Å². The summed E-state index contributed by atoms with van der Waals surface area (Å²) in [6.07, 6.45) is 1.08. The first-order valence-corrected chi connectivity index (χ1v) is 9.29. The second kappa shape index (κ2) is 7.04. The summed E-state index contributed by atoms with van der Waals surface area (Å²) in [7, 11) is 0. The van der Waals surface area contributed by atoms with Gasteiger partial charge in [0.05, 0.1) is 0 Å². The van der Waals surface area contributed by atoms with Crippen LogP contribution in [-0.2, 0) is 0 Å². The van der Waals surface area contributed by atoms with Crippen molar-refractivity contribution in [3.05, 3.63) is 59.9 Å². The van der Waals surface area contributed by atoms with Gasteiger partial charge < -0.3 is 10.2 Å². The minimum Gasteiger partial charge on any atom is -0.382 e. The third-order valence-corrected chi connectivity index (χ3v) is 5.65. The van der Waals surface area contributed by atoms with Gasteiger partial charge in [0, 0.05) is 49.5 Å². The largest absolute Gasteiger partial charge is 0.382 e. The van der Waals surface area contributed by atoms with Crippen LogP contribution in [0.1, 0.15) is 24.8 Å². The molecule has 2 heterocycles. The topological polar surface area (TPSA) is 18.5 Å². The predicted molar refractivity (Wildman–Crippen MR) is 102 cm³/mol. The lowest BCUT2D eigenvalue weighted by molar-refractivity contribution is 0.247.